The van der Waals surface area contributed by atoms with Crippen LogP contribution in [-0.2, 0) is 20.7 Å². The first-order valence-corrected chi connectivity index (χ1v) is 8.85. The van der Waals surface area contributed by atoms with Gasteiger partial charge in [0.05, 0.1) is 7.11 Å². The number of ketones is 1. The molecular weight excluding hydrogens is 362 g/mol. The van der Waals surface area contributed by atoms with Crippen molar-refractivity contribution < 1.29 is 28.6 Å². The molecule has 0 aliphatic carbocycles. The minimum atomic E-state index is -0.668. The van der Waals surface area contributed by atoms with Crippen molar-refractivity contribution in [1.29, 1.82) is 0 Å². The summed E-state index contributed by atoms with van der Waals surface area (Å²) in [5.74, 6) is -0.402. The molecule has 2 aromatic rings. The summed E-state index contributed by atoms with van der Waals surface area (Å²) in [7, 11) is 1.44. The molecule has 2 aromatic carbocycles. The van der Waals surface area contributed by atoms with Gasteiger partial charge in [-0.25, -0.2) is 4.79 Å². The van der Waals surface area contributed by atoms with E-state index < -0.39 is 5.97 Å². The van der Waals surface area contributed by atoms with Crippen molar-refractivity contribution in [3.05, 3.63) is 53.6 Å². The maximum Gasteiger partial charge on any atom is 0.344 e. The van der Waals surface area contributed by atoms with Crippen LogP contribution in [0.3, 0.4) is 0 Å². The fourth-order valence-electron chi connectivity index (χ4n) is 3.00. The molecule has 1 aliphatic rings. The van der Waals surface area contributed by atoms with Crippen LogP contribution in [-0.4, -0.2) is 44.5 Å². The largest absolute Gasteiger partial charge is 0.493 e. The number of amides is 1. The monoisotopic (exact) mass is 383 g/mol. The molecule has 1 amide bonds. The second-order valence-corrected chi connectivity index (χ2v) is 6.30. The molecule has 0 unspecified atom stereocenters. The van der Waals surface area contributed by atoms with Crippen molar-refractivity contribution in [2.45, 2.75) is 13.3 Å². The molecule has 0 saturated carbocycles. The topological polar surface area (TPSA) is 82.1 Å². The van der Waals surface area contributed by atoms with Crippen LogP contribution in [0.25, 0.3) is 0 Å². The van der Waals surface area contributed by atoms with E-state index in [4.69, 9.17) is 14.2 Å². The van der Waals surface area contributed by atoms with Crippen LogP contribution in [0.1, 0.15) is 22.8 Å². The fourth-order valence-corrected chi connectivity index (χ4v) is 3.00. The highest BCUT2D eigenvalue weighted by Gasteiger charge is 2.25. The molecule has 0 atom stereocenters. The molecule has 0 spiro atoms. The molecule has 0 N–H and O–H groups in total. The summed E-state index contributed by atoms with van der Waals surface area (Å²) in [6, 6.07) is 12.3. The van der Waals surface area contributed by atoms with Crippen LogP contribution in [0.4, 0.5) is 5.69 Å². The van der Waals surface area contributed by atoms with E-state index in [1.807, 2.05) is 24.3 Å². The van der Waals surface area contributed by atoms with Gasteiger partial charge in [-0.05, 0) is 43.2 Å². The first-order valence-electron chi connectivity index (χ1n) is 8.85. The Morgan fingerprint density at radius 1 is 1.04 bits per heavy atom. The van der Waals surface area contributed by atoms with Gasteiger partial charge in [0, 0.05) is 17.8 Å². The number of para-hydroxylation sites is 1. The number of fused-ring (bicyclic) bond motifs is 1. The van der Waals surface area contributed by atoms with Crippen LogP contribution >= 0.6 is 0 Å². The Hall–Kier alpha value is -3.35. The number of nitrogens with zero attached hydrogens (tertiary/aromatic N) is 1. The van der Waals surface area contributed by atoms with E-state index in [1.165, 1.54) is 20.1 Å². The van der Waals surface area contributed by atoms with E-state index in [1.54, 1.807) is 17.0 Å². The molecular formula is C21H21NO6. The number of methoxy groups -OCH3 is 1. The third kappa shape index (κ3) is 4.31. The Morgan fingerprint density at radius 3 is 2.57 bits per heavy atom. The number of benzene rings is 2. The van der Waals surface area contributed by atoms with Crippen molar-refractivity contribution >= 4 is 23.3 Å². The fraction of sp³-hybridized carbons (Fsp3) is 0.286. The molecule has 0 bridgehead atoms. The highest BCUT2D eigenvalue weighted by atomic mass is 16.6. The third-order valence-electron chi connectivity index (χ3n) is 4.46. The normalized spacial score (nSPS) is 12.3. The molecule has 0 radical (unpaired) electrons. The zero-order valence-corrected chi connectivity index (χ0v) is 15.8. The van der Waals surface area contributed by atoms with E-state index in [-0.39, 0.29) is 24.9 Å². The molecule has 1 heterocycles. The number of carbonyl (C=O) groups is 3. The zero-order valence-electron chi connectivity index (χ0n) is 15.8. The molecule has 3 rings (SSSR count). The van der Waals surface area contributed by atoms with Gasteiger partial charge in [-0.15, -0.1) is 0 Å². The number of ether oxygens (including phenoxy) is 3. The summed E-state index contributed by atoms with van der Waals surface area (Å²) >= 11 is 0. The smallest absolute Gasteiger partial charge is 0.344 e. The number of rotatable bonds is 7. The standard InChI is InChI=1S/C21H21NO6/c1-14(23)16-7-8-18(19(11-16)26-2)27-13-21(25)28-12-20(24)22-10-9-15-5-3-4-6-17(15)22/h3-8,11H,9-10,12-13H2,1-2H3. The van der Waals surface area contributed by atoms with Crippen molar-refractivity contribution in [2.75, 3.05) is 31.8 Å². The van der Waals surface area contributed by atoms with E-state index >= 15 is 0 Å². The van der Waals surface area contributed by atoms with Gasteiger partial charge in [0.2, 0.25) is 0 Å². The number of Topliss-reactive ketones (excluding diaryl/α,β-unsaturated/α-hetero) is 1. The Balaban J connectivity index is 1.51. The molecule has 1 aliphatic heterocycles. The lowest BCUT2D eigenvalue weighted by Crippen LogP contribution is -2.33. The lowest BCUT2D eigenvalue weighted by Gasteiger charge is -2.17. The quantitative estimate of drug-likeness (QED) is 0.539. The SMILES string of the molecule is COc1cc(C(C)=O)ccc1OCC(=O)OCC(=O)N1CCc2ccccc21. The number of anilines is 1. The lowest BCUT2D eigenvalue weighted by molar-refractivity contribution is -0.149. The van der Waals surface area contributed by atoms with Gasteiger partial charge in [-0.3, -0.25) is 9.59 Å². The van der Waals surface area contributed by atoms with E-state index in [2.05, 4.69) is 0 Å². The molecule has 28 heavy (non-hydrogen) atoms. The van der Waals surface area contributed by atoms with Crippen molar-refractivity contribution in [2.24, 2.45) is 0 Å². The van der Waals surface area contributed by atoms with Gasteiger partial charge in [0.25, 0.3) is 5.91 Å². The molecule has 7 nitrogen and oxygen atoms in total. The summed E-state index contributed by atoms with van der Waals surface area (Å²) in [5.41, 5.74) is 2.44. The van der Waals surface area contributed by atoms with Gasteiger partial charge >= 0.3 is 5.97 Å². The minimum Gasteiger partial charge on any atom is -0.493 e. The minimum absolute atomic E-state index is 0.105. The lowest BCUT2D eigenvalue weighted by atomic mass is 10.1. The summed E-state index contributed by atoms with van der Waals surface area (Å²) in [6.07, 6.45) is 0.787. The molecule has 0 fully saturated rings. The molecule has 0 saturated heterocycles. The van der Waals surface area contributed by atoms with Gasteiger partial charge < -0.3 is 19.1 Å². The first-order chi connectivity index (χ1) is 13.5. The number of esters is 1. The maximum absolute atomic E-state index is 12.3. The average Bonchev–Trinajstić information content (AvgIpc) is 3.14. The number of carbonyl (C=O) groups excluding carboxylic acids is 3. The summed E-state index contributed by atoms with van der Waals surface area (Å²) in [4.78, 5) is 37.3. The van der Waals surface area contributed by atoms with E-state index in [0.29, 0.717) is 23.6 Å². The van der Waals surface area contributed by atoms with Crippen molar-refractivity contribution in [3.63, 3.8) is 0 Å². The van der Waals surface area contributed by atoms with Gasteiger partial charge in [0.15, 0.2) is 30.5 Å². The number of hydrogen-bond acceptors (Lipinski definition) is 6. The highest BCUT2D eigenvalue weighted by molar-refractivity contribution is 5.97. The Labute approximate surface area is 162 Å². The Morgan fingerprint density at radius 2 is 1.82 bits per heavy atom. The molecule has 7 heteroatoms. The van der Waals surface area contributed by atoms with Crippen LogP contribution in [0.15, 0.2) is 42.5 Å². The maximum atomic E-state index is 12.3. The summed E-state index contributed by atoms with van der Waals surface area (Å²) < 4.78 is 15.6. The molecule has 0 aromatic heterocycles. The zero-order chi connectivity index (χ0) is 20.1. The van der Waals surface area contributed by atoms with Crippen molar-refractivity contribution in [3.8, 4) is 11.5 Å². The Bertz CT molecular complexity index is 908. The van der Waals surface area contributed by atoms with Crippen LogP contribution in [0.5, 0.6) is 11.5 Å². The van der Waals surface area contributed by atoms with Crippen molar-refractivity contribution in [1.82, 2.24) is 0 Å². The summed E-state index contributed by atoms with van der Waals surface area (Å²) in [5, 5.41) is 0. The van der Waals surface area contributed by atoms with Crippen LogP contribution in [0.2, 0.25) is 0 Å². The first kappa shape index (κ1) is 19.4. The second-order valence-electron chi connectivity index (χ2n) is 6.30. The van der Waals surface area contributed by atoms with Gasteiger partial charge in [-0.1, -0.05) is 18.2 Å². The predicted molar refractivity (Wildman–Crippen MR) is 102 cm³/mol. The van der Waals surface area contributed by atoms with Crippen LogP contribution in [0, 0.1) is 0 Å². The summed E-state index contributed by atoms with van der Waals surface area (Å²) in [6.45, 7) is 1.30. The molecule has 146 valence electrons. The van der Waals surface area contributed by atoms with Gasteiger partial charge in [-0.2, -0.15) is 0 Å². The number of hydrogen-bond donors (Lipinski definition) is 0. The van der Waals surface area contributed by atoms with E-state index in [9.17, 15) is 14.4 Å². The van der Waals surface area contributed by atoms with Gasteiger partial charge in [0.1, 0.15) is 0 Å². The average molecular weight is 383 g/mol. The van der Waals surface area contributed by atoms with Crippen LogP contribution < -0.4 is 14.4 Å². The predicted octanol–water partition coefficient (Wildman–Crippen LogP) is 2.41. The van der Waals surface area contributed by atoms with E-state index in [0.717, 1.165) is 17.7 Å². The third-order valence-corrected chi connectivity index (χ3v) is 4.46. The second kappa shape index (κ2) is 8.56. The Kier molecular flexibility index (Phi) is 5.93. The highest BCUT2D eigenvalue weighted by Crippen LogP contribution is 2.29.